The Morgan fingerprint density at radius 1 is 1.18 bits per heavy atom. The molecule has 2 aliphatic rings. The molecule has 0 radical (unpaired) electrons. The van der Waals surface area contributed by atoms with E-state index in [0.717, 1.165) is 13.1 Å². The lowest BCUT2D eigenvalue weighted by molar-refractivity contribution is 0.354. The lowest BCUT2D eigenvalue weighted by Crippen LogP contribution is -2.45. The van der Waals surface area contributed by atoms with Crippen LogP contribution in [0.5, 0.6) is 0 Å². The van der Waals surface area contributed by atoms with E-state index in [4.69, 9.17) is 5.73 Å². The molecule has 4 heteroatoms. The summed E-state index contributed by atoms with van der Waals surface area (Å²) >= 11 is 0. The van der Waals surface area contributed by atoms with Gasteiger partial charge in [0.05, 0.1) is 0 Å². The molecule has 1 saturated carbocycles. The number of hydrogen-bond donors (Lipinski definition) is 2. The molecule has 1 aliphatic heterocycles. The first-order valence-corrected chi connectivity index (χ1v) is 3.66. The SMILES string of the molecule is CC1(N)CNCC12CC2.Cl.Cl. The van der Waals surface area contributed by atoms with Gasteiger partial charge in [-0.25, -0.2) is 0 Å². The summed E-state index contributed by atoms with van der Waals surface area (Å²) in [6.45, 7) is 4.33. The summed E-state index contributed by atoms with van der Waals surface area (Å²) in [6.07, 6.45) is 2.68. The van der Waals surface area contributed by atoms with Gasteiger partial charge in [0.25, 0.3) is 0 Å². The van der Waals surface area contributed by atoms with E-state index in [0.29, 0.717) is 5.41 Å². The molecule has 1 spiro atoms. The zero-order valence-corrected chi connectivity index (χ0v) is 8.36. The Morgan fingerprint density at radius 2 is 1.73 bits per heavy atom. The number of rotatable bonds is 0. The van der Waals surface area contributed by atoms with Crippen molar-refractivity contribution in [2.45, 2.75) is 25.3 Å². The summed E-state index contributed by atoms with van der Waals surface area (Å²) in [6, 6.07) is 0. The molecule has 0 aromatic heterocycles. The summed E-state index contributed by atoms with van der Waals surface area (Å²) < 4.78 is 0. The van der Waals surface area contributed by atoms with Gasteiger partial charge >= 0.3 is 0 Å². The predicted molar refractivity (Wildman–Crippen MR) is 51.6 cm³/mol. The van der Waals surface area contributed by atoms with Crippen LogP contribution in [0.4, 0.5) is 0 Å². The van der Waals surface area contributed by atoms with Crippen molar-refractivity contribution < 1.29 is 0 Å². The second kappa shape index (κ2) is 3.09. The van der Waals surface area contributed by atoms with Gasteiger partial charge in [-0.2, -0.15) is 0 Å². The van der Waals surface area contributed by atoms with Gasteiger partial charge in [-0.15, -0.1) is 24.8 Å². The van der Waals surface area contributed by atoms with Crippen LogP contribution in [0.1, 0.15) is 19.8 Å². The Kier molecular flexibility index (Phi) is 3.23. The Labute approximate surface area is 80.1 Å². The number of halogens is 2. The third kappa shape index (κ3) is 1.50. The maximum Gasteiger partial charge on any atom is 0.0321 e. The van der Waals surface area contributed by atoms with Crippen molar-refractivity contribution in [3.63, 3.8) is 0 Å². The molecule has 2 fully saturated rings. The fraction of sp³-hybridized carbons (Fsp3) is 1.00. The van der Waals surface area contributed by atoms with Crippen molar-refractivity contribution in [3.05, 3.63) is 0 Å². The highest BCUT2D eigenvalue weighted by Gasteiger charge is 2.57. The molecule has 1 aliphatic carbocycles. The van der Waals surface area contributed by atoms with Gasteiger partial charge in [0.2, 0.25) is 0 Å². The molecule has 3 N–H and O–H groups in total. The van der Waals surface area contributed by atoms with Crippen LogP contribution in [0.2, 0.25) is 0 Å². The highest BCUT2D eigenvalue weighted by molar-refractivity contribution is 5.85. The summed E-state index contributed by atoms with van der Waals surface area (Å²) in [7, 11) is 0. The van der Waals surface area contributed by atoms with Crippen LogP contribution in [-0.2, 0) is 0 Å². The summed E-state index contributed by atoms with van der Waals surface area (Å²) in [5.41, 5.74) is 6.65. The van der Waals surface area contributed by atoms with Gasteiger partial charge in [0, 0.05) is 24.0 Å². The molecule has 0 bridgehead atoms. The predicted octanol–water partition coefficient (Wildman–Crippen LogP) is 0.931. The topological polar surface area (TPSA) is 38.0 Å². The first-order chi connectivity index (χ1) is 4.16. The second-order valence-electron chi connectivity index (χ2n) is 3.80. The minimum absolute atomic E-state index is 0. The fourth-order valence-electron chi connectivity index (χ4n) is 1.85. The molecule has 1 unspecified atom stereocenters. The molecule has 0 amide bonds. The molecule has 2 nitrogen and oxygen atoms in total. The summed E-state index contributed by atoms with van der Waals surface area (Å²) in [4.78, 5) is 0. The smallest absolute Gasteiger partial charge is 0.0321 e. The zero-order valence-electron chi connectivity index (χ0n) is 6.72. The second-order valence-corrected chi connectivity index (χ2v) is 3.80. The van der Waals surface area contributed by atoms with E-state index in [1.807, 2.05) is 0 Å². The fourth-order valence-corrected chi connectivity index (χ4v) is 1.85. The van der Waals surface area contributed by atoms with Crippen LogP contribution >= 0.6 is 24.8 Å². The standard InChI is InChI=1S/C7H14N2.2ClH/c1-6(8)4-9-5-7(6)2-3-7;;/h9H,2-5,8H2,1H3;2*1H. The van der Waals surface area contributed by atoms with Crippen molar-refractivity contribution >= 4 is 24.8 Å². The van der Waals surface area contributed by atoms with Gasteiger partial charge in [-0.05, 0) is 19.8 Å². The monoisotopic (exact) mass is 198 g/mol. The van der Waals surface area contributed by atoms with Crippen molar-refractivity contribution in [1.29, 1.82) is 0 Å². The van der Waals surface area contributed by atoms with Crippen LogP contribution in [-0.4, -0.2) is 18.6 Å². The van der Waals surface area contributed by atoms with Crippen molar-refractivity contribution in [1.82, 2.24) is 5.32 Å². The average molecular weight is 199 g/mol. The molecular weight excluding hydrogens is 183 g/mol. The lowest BCUT2D eigenvalue weighted by Gasteiger charge is -2.24. The quantitative estimate of drug-likeness (QED) is 0.609. The molecule has 1 atom stereocenters. The third-order valence-corrected chi connectivity index (χ3v) is 3.02. The van der Waals surface area contributed by atoms with Crippen LogP contribution in [0, 0.1) is 5.41 Å². The van der Waals surface area contributed by atoms with Crippen LogP contribution in [0.15, 0.2) is 0 Å². The van der Waals surface area contributed by atoms with E-state index >= 15 is 0 Å². The molecular formula is C7H16Cl2N2. The van der Waals surface area contributed by atoms with Gasteiger partial charge in [-0.3, -0.25) is 0 Å². The summed E-state index contributed by atoms with van der Waals surface area (Å²) in [5, 5.41) is 3.34. The Hall–Kier alpha value is 0.500. The first kappa shape index (κ1) is 11.5. The van der Waals surface area contributed by atoms with Crippen molar-refractivity contribution in [2.24, 2.45) is 11.1 Å². The van der Waals surface area contributed by atoms with Gasteiger partial charge in [0.1, 0.15) is 0 Å². The van der Waals surface area contributed by atoms with Gasteiger partial charge in [0.15, 0.2) is 0 Å². The number of nitrogens with one attached hydrogen (secondary N) is 1. The zero-order chi connectivity index (χ0) is 6.54. The Bertz CT molecular complexity index is 139. The normalized spacial score (nSPS) is 37.6. The van der Waals surface area contributed by atoms with E-state index in [1.54, 1.807) is 0 Å². The lowest BCUT2D eigenvalue weighted by atomic mass is 9.87. The van der Waals surface area contributed by atoms with E-state index in [2.05, 4.69) is 12.2 Å². The van der Waals surface area contributed by atoms with Crippen LogP contribution in [0.25, 0.3) is 0 Å². The number of nitrogens with two attached hydrogens (primary N) is 1. The highest BCUT2D eigenvalue weighted by Crippen LogP contribution is 2.54. The minimum atomic E-state index is 0. The first-order valence-electron chi connectivity index (χ1n) is 3.66. The van der Waals surface area contributed by atoms with Crippen molar-refractivity contribution in [2.75, 3.05) is 13.1 Å². The number of hydrogen-bond acceptors (Lipinski definition) is 2. The van der Waals surface area contributed by atoms with E-state index in [1.165, 1.54) is 12.8 Å². The molecule has 0 aromatic rings. The average Bonchev–Trinajstić information content (AvgIpc) is 2.41. The third-order valence-electron chi connectivity index (χ3n) is 3.02. The van der Waals surface area contributed by atoms with E-state index in [-0.39, 0.29) is 30.4 Å². The molecule has 1 heterocycles. The van der Waals surface area contributed by atoms with Crippen LogP contribution in [0.3, 0.4) is 0 Å². The van der Waals surface area contributed by atoms with Gasteiger partial charge < -0.3 is 11.1 Å². The van der Waals surface area contributed by atoms with Crippen LogP contribution < -0.4 is 11.1 Å². The molecule has 1 saturated heterocycles. The summed E-state index contributed by atoms with van der Waals surface area (Å²) in [5.74, 6) is 0. The van der Waals surface area contributed by atoms with E-state index < -0.39 is 0 Å². The largest absolute Gasteiger partial charge is 0.324 e. The molecule has 11 heavy (non-hydrogen) atoms. The highest BCUT2D eigenvalue weighted by atomic mass is 35.5. The van der Waals surface area contributed by atoms with Gasteiger partial charge in [-0.1, -0.05) is 0 Å². The molecule has 68 valence electrons. The molecule has 0 aromatic carbocycles. The maximum absolute atomic E-state index is 6.06. The van der Waals surface area contributed by atoms with E-state index in [9.17, 15) is 0 Å². The molecule has 2 rings (SSSR count). The Morgan fingerprint density at radius 3 is 1.91 bits per heavy atom. The minimum Gasteiger partial charge on any atom is -0.324 e. The van der Waals surface area contributed by atoms with Crippen molar-refractivity contribution in [3.8, 4) is 0 Å². The maximum atomic E-state index is 6.06. The Balaban J connectivity index is 0.000000500.